The highest BCUT2D eigenvalue weighted by atomic mass is 19.1. The Morgan fingerprint density at radius 3 is 2.73 bits per heavy atom. The van der Waals surface area contributed by atoms with Crippen LogP contribution in [0.4, 0.5) is 14.5 Å². The average Bonchev–Trinajstić information content (AvgIpc) is 3.06. The molecule has 0 unspecified atom stereocenters. The summed E-state index contributed by atoms with van der Waals surface area (Å²) in [6.07, 6.45) is 0.745. The van der Waals surface area contributed by atoms with Gasteiger partial charge in [-0.3, -0.25) is 14.7 Å². The molecule has 138 valence electrons. The van der Waals surface area contributed by atoms with E-state index in [0.29, 0.717) is 6.54 Å². The highest BCUT2D eigenvalue weighted by Crippen LogP contribution is 2.19. The van der Waals surface area contributed by atoms with Gasteiger partial charge in [0.25, 0.3) is 5.91 Å². The van der Waals surface area contributed by atoms with Crippen molar-refractivity contribution in [3.05, 3.63) is 46.8 Å². The third-order valence-electron chi connectivity index (χ3n) is 4.24. The Morgan fingerprint density at radius 1 is 1.31 bits per heavy atom. The van der Waals surface area contributed by atoms with Crippen LogP contribution in [0.1, 0.15) is 28.7 Å². The Balaban J connectivity index is 1.72. The smallest absolute Gasteiger partial charge is 0.275 e. The lowest BCUT2D eigenvalue weighted by Gasteiger charge is -2.21. The lowest BCUT2D eigenvalue weighted by molar-refractivity contribution is -0.116. The maximum Gasteiger partial charge on any atom is 0.275 e. The number of benzene rings is 1. The average molecular weight is 363 g/mol. The number of nitrogens with zero attached hydrogens (tertiary/aromatic N) is 2. The van der Waals surface area contributed by atoms with Gasteiger partial charge in [0.05, 0.1) is 0 Å². The maximum atomic E-state index is 13.6. The van der Waals surface area contributed by atoms with Gasteiger partial charge in [-0.1, -0.05) is 6.07 Å². The van der Waals surface area contributed by atoms with Crippen molar-refractivity contribution >= 4 is 17.5 Å². The van der Waals surface area contributed by atoms with E-state index in [0.717, 1.165) is 36.4 Å². The largest absolute Gasteiger partial charge is 0.328 e. The van der Waals surface area contributed by atoms with Crippen molar-refractivity contribution in [3.63, 3.8) is 0 Å². The first-order valence-corrected chi connectivity index (χ1v) is 8.31. The first-order chi connectivity index (χ1) is 12.5. The fourth-order valence-corrected chi connectivity index (χ4v) is 2.85. The second-order valence-corrected chi connectivity index (χ2v) is 5.92. The second-order valence-electron chi connectivity index (χ2n) is 5.92. The van der Waals surface area contributed by atoms with Crippen LogP contribution in [-0.2, 0) is 17.8 Å². The van der Waals surface area contributed by atoms with Crippen molar-refractivity contribution in [2.24, 2.45) is 0 Å². The number of hydrogen-bond acceptors (Lipinski definition) is 4. The van der Waals surface area contributed by atoms with Crippen LogP contribution < -0.4 is 10.6 Å². The molecule has 26 heavy (non-hydrogen) atoms. The molecule has 2 amide bonds. The fraction of sp³-hybridized carbons (Fsp3) is 0.353. The summed E-state index contributed by atoms with van der Waals surface area (Å²) in [4.78, 5) is 26.2. The summed E-state index contributed by atoms with van der Waals surface area (Å²) in [6.45, 7) is 2.96. The van der Waals surface area contributed by atoms with Crippen molar-refractivity contribution in [2.45, 2.75) is 19.9 Å². The number of carbonyl (C=O) groups is 2. The number of rotatable bonds is 5. The van der Waals surface area contributed by atoms with Gasteiger partial charge in [-0.25, -0.2) is 8.78 Å². The van der Waals surface area contributed by atoms with Crippen LogP contribution in [0.5, 0.6) is 0 Å². The second kappa shape index (κ2) is 7.61. The van der Waals surface area contributed by atoms with Gasteiger partial charge in [-0.15, -0.1) is 0 Å². The quantitative estimate of drug-likeness (QED) is 0.750. The number of halogens is 2. The predicted molar refractivity (Wildman–Crippen MR) is 90.6 cm³/mol. The third-order valence-corrected chi connectivity index (χ3v) is 4.24. The van der Waals surface area contributed by atoms with Crippen LogP contribution in [0.15, 0.2) is 18.2 Å². The molecule has 9 heteroatoms. The molecule has 0 saturated heterocycles. The summed E-state index contributed by atoms with van der Waals surface area (Å²) < 4.78 is 27.3. The van der Waals surface area contributed by atoms with Crippen molar-refractivity contribution in [2.75, 3.05) is 25.0 Å². The van der Waals surface area contributed by atoms with Crippen molar-refractivity contribution in [1.29, 1.82) is 0 Å². The molecular formula is C17H19F2N5O2. The van der Waals surface area contributed by atoms with Gasteiger partial charge in [-0.2, -0.15) is 5.10 Å². The number of amides is 2. The molecule has 1 aromatic heterocycles. The molecule has 0 bridgehead atoms. The highest BCUT2D eigenvalue weighted by molar-refractivity contribution is 5.99. The standard InChI is InChI=1S/C17H19F2N5O2/c1-2-24(9-14(25)21-16-11(18)4-3-5-12(16)19)17(26)15-10-8-20-7-6-13(10)22-23-15/h3-5,20H,2,6-9H2,1H3,(H,21,25)(H,22,23). The molecule has 0 aliphatic carbocycles. The molecule has 3 rings (SSSR count). The number of aromatic amines is 1. The van der Waals surface area contributed by atoms with Gasteiger partial charge in [-0.05, 0) is 19.1 Å². The molecule has 1 aromatic carbocycles. The van der Waals surface area contributed by atoms with E-state index in [1.165, 1.54) is 11.0 Å². The van der Waals surface area contributed by atoms with Crippen LogP contribution in [0, 0.1) is 11.6 Å². The molecule has 2 heterocycles. The lowest BCUT2D eigenvalue weighted by atomic mass is 10.1. The summed E-state index contributed by atoms with van der Waals surface area (Å²) in [6, 6.07) is 3.30. The number of fused-ring (bicyclic) bond motifs is 1. The first kappa shape index (κ1) is 18.0. The number of hydrogen-bond donors (Lipinski definition) is 3. The topological polar surface area (TPSA) is 90.1 Å². The van der Waals surface area contributed by atoms with E-state index in [-0.39, 0.29) is 18.8 Å². The van der Waals surface area contributed by atoms with Gasteiger partial charge < -0.3 is 15.5 Å². The summed E-state index contributed by atoms with van der Waals surface area (Å²) in [5.74, 6) is -2.84. The van der Waals surface area contributed by atoms with Gasteiger partial charge >= 0.3 is 0 Å². The monoisotopic (exact) mass is 363 g/mol. The number of para-hydroxylation sites is 1. The van der Waals surface area contributed by atoms with Crippen molar-refractivity contribution in [1.82, 2.24) is 20.4 Å². The summed E-state index contributed by atoms with van der Waals surface area (Å²) in [5.41, 5.74) is 1.43. The SMILES string of the molecule is CCN(CC(=O)Nc1c(F)cccc1F)C(=O)c1n[nH]c2c1CNCC2. The van der Waals surface area contributed by atoms with Crippen LogP contribution in [-0.4, -0.2) is 46.5 Å². The molecular weight excluding hydrogens is 344 g/mol. The number of H-pyrrole nitrogens is 1. The molecule has 0 radical (unpaired) electrons. The van der Waals surface area contributed by atoms with Crippen LogP contribution in [0.3, 0.4) is 0 Å². The summed E-state index contributed by atoms with van der Waals surface area (Å²) in [5, 5.41) is 12.3. The molecule has 0 spiro atoms. The van der Waals surface area contributed by atoms with Crippen molar-refractivity contribution < 1.29 is 18.4 Å². The van der Waals surface area contributed by atoms with Gasteiger partial charge in [0, 0.05) is 37.3 Å². The molecule has 0 atom stereocenters. The Bertz CT molecular complexity index is 816. The zero-order valence-electron chi connectivity index (χ0n) is 14.2. The summed E-state index contributed by atoms with van der Waals surface area (Å²) >= 11 is 0. The number of nitrogens with one attached hydrogen (secondary N) is 3. The molecule has 0 saturated carbocycles. The van der Waals surface area contributed by atoms with E-state index < -0.39 is 29.1 Å². The summed E-state index contributed by atoms with van der Waals surface area (Å²) in [7, 11) is 0. The van der Waals surface area contributed by atoms with Gasteiger partial charge in [0.1, 0.15) is 23.9 Å². The van der Waals surface area contributed by atoms with Crippen LogP contribution >= 0.6 is 0 Å². The fourth-order valence-electron chi connectivity index (χ4n) is 2.85. The zero-order chi connectivity index (χ0) is 18.7. The Hall–Kier alpha value is -2.81. The van der Waals surface area contributed by atoms with E-state index in [9.17, 15) is 18.4 Å². The number of aromatic nitrogens is 2. The van der Waals surface area contributed by atoms with E-state index in [2.05, 4.69) is 20.8 Å². The van der Waals surface area contributed by atoms with Crippen molar-refractivity contribution in [3.8, 4) is 0 Å². The van der Waals surface area contributed by atoms with Gasteiger partial charge in [0.2, 0.25) is 5.91 Å². The molecule has 2 aromatic rings. The normalized spacial score (nSPS) is 13.2. The molecule has 7 nitrogen and oxygen atoms in total. The first-order valence-electron chi connectivity index (χ1n) is 8.31. The Morgan fingerprint density at radius 2 is 2.04 bits per heavy atom. The minimum atomic E-state index is -0.875. The third kappa shape index (κ3) is 3.57. The molecule has 0 fully saturated rings. The van der Waals surface area contributed by atoms with Gasteiger partial charge in [0.15, 0.2) is 5.69 Å². The minimum absolute atomic E-state index is 0.251. The number of carbonyl (C=O) groups excluding carboxylic acids is 2. The lowest BCUT2D eigenvalue weighted by Crippen LogP contribution is -2.39. The maximum absolute atomic E-state index is 13.6. The predicted octanol–water partition coefficient (Wildman–Crippen LogP) is 1.43. The minimum Gasteiger partial charge on any atom is -0.328 e. The highest BCUT2D eigenvalue weighted by Gasteiger charge is 2.26. The van der Waals surface area contributed by atoms with Crippen LogP contribution in [0.2, 0.25) is 0 Å². The van der Waals surface area contributed by atoms with E-state index in [1.54, 1.807) is 6.92 Å². The zero-order valence-corrected chi connectivity index (χ0v) is 14.2. The molecule has 3 N–H and O–H groups in total. The molecule has 1 aliphatic heterocycles. The number of anilines is 1. The molecule has 1 aliphatic rings. The Labute approximate surface area is 148 Å². The van der Waals surface area contributed by atoms with E-state index in [4.69, 9.17) is 0 Å². The Kier molecular flexibility index (Phi) is 5.27. The van der Waals surface area contributed by atoms with Crippen LogP contribution in [0.25, 0.3) is 0 Å². The van der Waals surface area contributed by atoms with E-state index >= 15 is 0 Å². The van der Waals surface area contributed by atoms with E-state index in [1.807, 2.05) is 0 Å². The number of likely N-dealkylation sites (N-methyl/N-ethyl adjacent to an activating group) is 1.